The topological polar surface area (TPSA) is 76.2 Å². The van der Waals surface area contributed by atoms with Crippen LogP contribution in [0.1, 0.15) is 28.7 Å². The smallest absolute Gasteiger partial charge is 0.243 e. The van der Waals surface area contributed by atoms with Crippen LogP contribution in [0.25, 0.3) is 0 Å². The van der Waals surface area contributed by atoms with E-state index in [-0.39, 0.29) is 23.9 Å². The lowest BCUT2D eigenvalue weighted by Crippen LogP contribution is -2.43. The average molecular weight is 549 g/mol. The van der Waals surface area contributed by atoms with Gasteiger partial charge in [-0.05, 0) is 73.9 Å². The zero-order valence-electron chi connectivity index (χ0n) is 21.6. The summed E-state index contributed by atoms with van der Waals surface area (Å²) in [5, 5.41) is 0. The summed E-state index contributed by atoms with van der Waals surface area (Å²) >= 11 is 1.60. The number of methoxy groups -OCH3 is 2. The summed E-state index contributed by atoms with van der Waals surface area (Å²) in [6.45, 7) is 4.49. The van der Waals surface area contributed by atoms with Gasteiger partial charge in [0.1, 0.15) is 5.82 Å². The lowest BCUT2D eigenvalue weighted by molar-refractivity contribution is -0.132. The summed E-state index contributed by atoms with van der Waals surface area (Å²) in [6.07, 6.45) is 1.08. The normalized spacial score (nSPS) is 11.5. The molecule has 7 nitrogen and oxygen atoms in total. The van der Waals surface area contributed by atoms with Crippen molar-refractivity contribution in [2.24, 2.45) is 0 Å². The average Bonchev–Trinajstić information content (AvgIpc) is 3.30. The summed E-state index contributed by atoms with van der Waals surface area (Å²) in [5.74, 6) is 0.399. The number of aryl methyl sites for hydroxylation is 1. The largest absolute Gasteiger partial charge is 0.493 e. The minimum atomic E-state index is -3.97. The van der Waals surface area contributed by atoms with Crippen molar-refractivity contribution in [2.45, 2.75) is 38.1 Å². The first kappa shape index (κ1) is 28.6. The van der Waals surface area contributed by atoms with Gasteiger partial charge in [0, 0.05) is 22.8 Å². The van der Waals surface area contributed by atoms with E-state index in [0.29, 0.717) is 37.4 Å². The third-order valence-electron chi connectivity index (χ3n) is 5.85. The Hall–Kier alpha value is -2.95. The predicted octanol–water partition coefficient (Wildman–Crippen LogP) is 4.89. The lowest BCUT2D eigenvalue weighted by Gasteiger charge is -2.27. The molecule has 200 valence electrons. The van der Waals surface area contributed by atoms with E-state index in [9.17, 15) is 17.6 Å². The van der Waals surface area contributed by atoms with E-state index in [4.69, 9.17) is 9.47 Å². The first-order valence-corrected chi connectivity index (χ1v) is 14.2. The van der Waals surface area contributed by atoms with E-state index < -0.39 is 15.8 Å². The number of rotatable bonds is 13. The monoisotopic (exact) mass is 548 g/mol. The fourth-order valence-corrected chi connectivity index (χ4v) is 6.28. The molecule has 3 rings (SSSR count). The number of amides is 1. The fraction of sp³-hybridized carbons (Fsp3) is 0.370. The molecule has 2 aromatic carbocycles. The van der Waals surface area contributed by atoms with E-state index in [2.05, 4.69) is 0 Å². The van der Waals surface area contributed by atoms with Crippen LogP contribution in [-0.2, 0) is 27.8 Å². The van der Waals surface area contributed by atoms with Crippen molar-refractivity contribution in [3.05, 3.63) is 75.7 Å². The van der Waals surface area contributed by atoms with E-state index >= 15 is 0 Å². The lowest BCUT2D eigenvalue weighted by atomic mass is 10.1. The standard InChI is InChI=1S/C27H33FN2O5S2/c1-5-15-30(37(32,33)24-11-8-22(28)9-12-24)19-27(31)29(18-23-10-6-20(2)36-23)16-14-21-7-13-25(34-3)26(17-21)35-4/h6-13,17H,5,14-16,18-19H2,1-4H3. The summed E-state index contributed by atoms with van der Waals surface area (Å²) in [4.78, 5) is 17.3. The molecule has 1 heterocycles. The molecule has 0 saturated heterocycles. The number of carbonyl (C=O) groups is 1. The quantitative estimate of drug-likeness (QED) is 0.304. The molecular formula is C27H33FN2O5S2. The number of carbonyl (C=O) groups excluding carboxylic acids is 1. The Labute approximate surface area is 222 Å². The Morgan fingerprint density at radius 2 is 1.68 bits per heavy atom. The number of thiophene rings is 1. The molecule has 0 bridgehead atoms. The highest BCUT2D eigenvalue weighted by Gasteiger charge is 2.28. The van der Waals surface area contributed by atoms with Crippen LogP contribution in [0.2, 0.25) is 0 Å². The second-order valence-corrected chi connectivity index (χ2v) is 11.9. The van der Waals surface area contributed by atoms with Crippen LogP contribution in [0.5, 0.6) is 11.5 Å². The summed E-state index contributed by atoms with van der Waals surface area (Å²) < 4.78 is 51.8. The Morgan fingerprint density at radius 1 is 0.973 bits per heavy atom. The second kappa shape index (κ2) is 13.0. The zero-order valence-corrected chi connectivity index (χ0v) is 23.2. The molecule has 37 heavy (non-hydrogen) atoms. The highest BCUT2D eigenvalue weighted by Crippen LogP contribution is 2.28. The molecule has 0 radical (unpaired) electrons. The maximum Gasteiger partial charge on any atom is 0.243 e. The zero-order chi connectivity index (χ0) is 27.0. The van der Waals surface area contributed by atoms with E-state index in [0.717, 1.165) is 27.5 Å². The number of hydrogen-bond donors (Lipinski definition) is 0. The molecule has 0 N–H and O–H groups in total. The molecule has 0 aliphatic rings. The van der Waals surface area contributed by atoms with Gasteiger partial charge in [-0.3, -0.25) is 4.79 Å². The molecule has 0 unspecified atom stereocenters. The van der Waals surface area contributed by atoms with Crippen LogP contribution in [0.3, 0.4) is 0 Å². The minimum absolute atomic E-state index is 0.0408. The Kier molecular flexibility index (Phi) is 10.1. The molecule has 0 atom stereocenters. The van der Waals surface area contributed by atoms with Gasteiger partial charge in [0.2, 0.25) is 15.9 Å². The van der Waals surface area contributed by atoms with Gasteiger partial charge in [-0.15, -0.1) is 11.3 Å². The Balaban J connectivity index is 1.82. The number of nitrogens with zero attached hydrogens (tertiary/aromatic N) is 2. The number of benzene rings is 2. The highest BCUT2D eigenvalue weighted by atomic mass is 32.2. The van der Waals surface area contributed by atoms with Gasteiger partial charge < -0.3 is 14.4 Å². The maximum atomic E-state index is 13.5. The Bertz CT molecular complexity index is 1290. The van der Waals surface area contributed by atoms with Crippen LogP contribution < -0.4 is 9.47 Å². The molecule has 1 aromatic heterocycles. The number of sulfonamides is 1. The molecule has 0 aliphatic heterocycles. The van der Waals surface area contributed by atoms with Crippen molar-refractivity contribution < 1.29 is 27.1 Å². The van der Waals surface area contributed by atoms with Gasteiger partial charge in [0.05, 0.1) is 32.2 Å². The maximum absolute atomic E-state index is 13.5. The predicted molar refractivity (Wildman–Crippen MR) is 143 cm³/mol. The van der Waals surface area contributed by atoms with Crippen LogP contribution >= 0.6 is 11.3 Å². The minimum Gasteiger partial charge on any atom is -0.493 e. The SMILES string of the molecule is CCCN(CC(=O)N(CCc1ccc(OC)c(OC)c1)Cc1ccc(C)s1)S(=O)(=O)c1ccc(F)cc1. The fourth-order valence-electron chi connectivity index (χ4n) is 3.89. The number of ether oxygens (including phenoxy) is 2. The molecule has 1 amide bonds. The van der Waals surface area contributed by atoms with Crippen molar-refractivity contribution in [1.82, 2.24) is 9.21 Å². The molecule has 0 spiro atoms. The molecule has 10 heteroatoms. The molecule has 3 aromatic rings. The number of halogens is 1. The van der Waals surface area contributed by atoms with Crippen LogP contribution in [0.4, 0.5) is 4.39 Å². The van der Waals surface area contributed by atoms with Crippen molar-refractivity contribution in [1.29, 1.82) is 0 Å². The van der Waals surface area contributed by atoms with Gasteiger partial charge in [-0.2, -0.15) is 4.31 Å². The molecule has 0 saturated carbocycles. The van der Waals surface area contributed by atoms with Gasteiger partial charge in [-0.25, -0.2) is 12.8 Å². The van der Waals surface area contributed by atoms with Crippen molar-refractivity contribution >= 4 is 27.3 Å². The van der Waals surface area contributed by atoms with Crippen molar-refractivity contribution in [3.63, 3.8) is 0 Å². The summed E-state index contributed by atoms with van der Waals surface area (Å²) in [6, 6.07) is 14.3. The van der Waals surface area contributed by atoms with Crippen molar-refractivity contribution in [2.75, 3.05) is 33.9 Å². The van der Waals surface area contributed by atoms with E-state index in [1.54, 1.807) is 30.5 Å². The van der Waals surface area contributed by atoms with Crippen molar-refractivity contribution in [3.8, 4) is 11.5 Å². The highest BCUT2D eigenvalue weighted by molar-refractivity contribution is 7.89. The van der Waals surface area contributed by atoms with Gasteiger partial charge in [0.15, 0.2) is 11.5 Å². The Morgan fingerprint density at radius 3 is 2.27 bits per heavy atom. The third kappa shape index (κ3) is 7.53. The third-order valence-corrected chi connectivity index (χ3v) is 8.69. The second-order valence-electron chi connectivity index (χ2n) is 8.56. The van der Waals surface area contributed by atoms with Gasteiger partial charge in [-0.1, -0.05) is 13.0 Å². The number of hydrogen-bond acceptors (Lipinski definition) is 6. The first-order chi connectivity index (χ1) is 17.7. The summed E-state index contributed by atoms with van der Waals surface area (Å²) in [7, 11) is -0.827. The molecule has 0 fully saturated rings. The van der Waals surface area contributed by atoms with E-state index in [1.807, 2.05) is 44.2 Å². The van der Waals surface area contributed by atoms with Crippen LogP contribution in [0.15, 0.2) is 59.5 Å². The van der Waals surface area contributed by atoms with Gasteiger partial charge in [0.25, 0.3) is 0 Å². The summed E-state index contributed by atoms with van der Waals surface area (Å²) in [5.41, 5.74) is 0.960. The molecular weight excluding hydrogens is 515 g/mol. The first-order valence-electron chi connectivity index (χ1n) is 12.0. The van der Waals surface area contributed by atoms with Gasteiger partial charge >= 0.3 is 0 Å². The van der Waals surface area contributed by atoms with Crippen LogP contribution in [0, 0.1) is 12.7 Å². The van der Waals surface area contributed by atoms with E-state index in [1.165, 1.54) is 16.4 Å². The molecule has 0 aliphatic carbocycles. The van der Waals surface area contributed by atoms with Crippen LogP contribution in [-0.4, -0.2) is 57.4 Å².